The van der Waals surface area contributed by atoms with E-state index < -0.39 is 5.41 Å². The fraction of sp³-hybridized carbons (Fsp3) is 0.0182. The summed E-state index contributed by atoms with van der Waals surface area (Å²) in [6, 6.07) is 71.9. The molecule has 0 atom stereocenters. The zero-order valence-electron chi connectivity index (χ0n) is 31.7. The molecule has 3 aliphatic rings. The molecule has 0 radical (unpaired) electrons. The van der Waals surface area contributed by atoms with Gasteiger partial charge in [0.25, 0.3) is 0 Å². The van der Waals surface area contributed by atoms with E-state index in [1.165, 1.54) is 64.7 Å². The minimum absolute atomic E-state index is 0.564. The molecule has 1 aliphatic heterocycles. The third-order valence-electron chi connectivity index (χ3n) is 12.5. The summed E-state index contributed by atoms with van der Waals surface area (Å²) in [6.07, 6.45) is 0. The Morgan fingerprint density at radius 1 is 0.373 bits per heavy atom. The van der Waals surface area contributed by atoms with Gasteiger partial charge in [-0.05, 0) is 81.4 Å². The minimum Gasteiger partial charge on any atom is -0.449 e. The summed E-state index contributed by atoms with van der Waals surface area (Å²) >= 11 is 1.85. The number of fused-ring (bicyclic) bond motifs is 16. The second-order valence-corrected chi connectivity index (χ2v) is 16.5. The van der Waals surface area contributed by atoms with Crippen LogP contribution in [0.4, 0.5) is 17.1 Å². The van der Waals surface area contributed by atoms with Crippen LogP contribution in [0.3, 0.4) is 0 Å². The minimum atomic E-state index is -0.564. The van der Waals surface area contributed by atoms with Gasteiger partial charge in [-0.25, -0.2) is 0 Å². The van der Waals surface area contributed by atoms with Crippen LogP contribution in [-0.4, -0.2) is 0 Å². The summed E-state index contributed by atoms with van der Waals surface area (Å²) in [4.78, 5) is 2.32. The molecule has 2 aliphatic carbocycles. The second-order valence-electron chi connectivity index (χ2n) is 15.5. The summed E-state index contributed by atoms with van der Waals surface area (Å²) in [5.74, 6) is 2.82. The Morgan fingerprint density at radius 3 is 1.68 bits per heavy atom. The predicted octanol–water partition coefficient (Wildman–Crippen LogP) is 15.4. The molecule has 9 aromatic carbocycles. The highest BCUT2D eigenvalue weighted by Crippen LogP contribution is 2.67. The highest BCUT2D eigenvalue weighted by Gasteiger charge is 2.54. The van der Waals surface area contributed by atoms with Crippen LogP contribution in [0.1, 0.15) is 22.3 Å². The Hall–Kier alpha value is -7.40. The van der Waals surface area contributed by atoms with E-state index in [2.05, 4.69) is 199 Å². The van der Waals surface area contributed by atoms with Crippen LogP contribution >= 0.6 is 11.3 Å². The predicted molar refractivity (Wildman–Crippen MR) is 242 cm³/mol. The van der Waals surface area contributed by atoms with Gasteiger partial charge in [0.2, 0.25) is 0 Å². The topological polar surface area (TPSA) is 21.7 Å². The van der Waals surface area contributed by atoms with Crippen LogP contribution in [0.5, 0.6) is 23.0 Å². The third-order valence-corrected chi connectivity index (χ3v) is 13.8. The molecule has 0 unspecified atom stereocenters. The van der Waals surface area contributed by atoms with Crippen molar-refractivity contribution in [1.29, 1.82) is 0 Å². The third kappa shape index (κ3) is 4.41. The van der Waals surface area contributed by atoms with Crippen molar-refractivity contribution in [3.63, 3.8) is 0 Å². The van der Waals surface area contributed by atoms with Crippen molar-refractivity contribution in [2.45, 2.75) is 5.41 Å². The number of anilines is 3. The Bertz CT molecular complexity index is 3300. The average Bonchev–Trinajstić information content (AvgIpc) is 3.94. The number of hydrogen-bond acceptors (Lipinski definition) is 4. The lowest BCUT2D eigenvalue weighted by Crippen LogP contribution is -2.26. The van der Waals surface area contributed by atoms with Gasteiger partial charge < -0.3 is 14.4 Å². The lowest BCUT2D eigenvalue weighted by Gasteiger charge is -2.35. The van der Waals surface area contributed by atoms with Crippen LogP contribution in [0.15, 0.2) is 200 Å². The normalized spacial score (nSPS) is 13.5. The standard InChI is InChI=1S/C55H33NO2S/c1-2-16-34(17-3-1)56(46-28-12-7-21-38(46)41-23-14-24-42-39-22-8-13-31-50(39)59-54(41)42)47-29-15-30-48-52(47)57-49-33-32-40-37-20-6-11-27-45(37)55(51(40)53(49)58-48)43-25-9-4-18-35(43)36-19-5-10-26-44(36)55/h1-33H. The van der Waals surface area contributed by atoms with Crippen LogP contribution in [0.2, 0.25) is 0 Å². The Morgan fingerprint density at radius 2 is 0.915 bits per heavy atom. The quantitative estimate of drug-likeness (QED) is 0.178. The van der Waals surface area contributed by atoms with E-state index in [9.17, 15) is 0 Å². The van der Waals surface area contributed by atoms with Gasteiger partial charge in [-0.2, -0.15) is 0 Å². The van der Waals surface area contributed by atoms with E-state index in [4.69, 9.17) is 9.47 Å². The number of hydrogen-bond donors (Lipinski definition) is 0. The molecule has 1 spiro atoms. The maximum Gasteiger partial charge on any atom is 0.194 e. The largest absolute Gasteiger partial charge is 0.449 e. The summed E-state index contributed by atoms with van der Waals surface area (Å²) in [5.41, 5.74) is 14.6. The zero-order valence-corrected chi connectivity index (χ0v) is 32.5. The number of para-hydroxylation sites is 3. The van der Waals surface area contributed by atoms with Gasteiger partial charge in [0.15, 0.2) is 23.0 Å². The van der Waals surface area contributed by atoms with Gasteiger partial charge in [-0.15, -0.1) is 11.3 Å². The highest BCUT2D eigenvalue weighted by atomic mass is 32.1. The summed E-state index contributed by atoms with van der Waals surface area (Å²) in [6.45, 7) is 0. The Labute approximate surface area is 345 Å². The van der Waals surface area contributed by atoms with E-state index in [1.807, 2.05) is 17.4 Å². The van der Waals surface area contributed by atoms with Crippen LogP contribution in [0.25, 0.3) is 53.6 Å². The van der Waals surface area contributed by atoms with Gasteiger partial charge in [0.05, 0.1) is 16.8 Å². The van der Waals surface area contributed by atoms with Crippen molar-refractivity contribution in [3.8, 4) is 56.4 Å². The first kappa shape index (κ1) is 32.7. The Kier molecular flexibility index (Phi) is 6.81. The number of ether oxygens (including phenoxy) is 2. The molecule has 0 fully saturated rings. The van der Waals surface area contributed by atoms with E-state index in [1.54, 1.807) is 0 Å². The van der Waals surface area contributed by atoms with E-state index in [0.29, 0.717) is 17.2 Å². The van der Waals surface area contributed by atoms with Gasteiger partial charge in [-0.3, -0.25) is 0 Å². The smallest absolute Gasteiger partial charge is 0.194 e. The first-order valence-corrected chi connectivity index (χ1v) is 20.9. The number of thiophene rings is 1. The molecular formula is C55H33NO2S. The van der Waals surface area contributed by atoms with Crippen molar-refractivity contribution in [2.24, 2.45) is 0 Å². The molecule has 0 amide bonds. The van der Waals surface area contributed by atoms with Crippen LogP contribution in [-0.2, 0) is 5.41 Å². The summed E-state index contributed by atoms with van der Waals surface area (Å²) in [7, 11) is 0. The molecule has 0 bridgehead atoms. The van der Waals surface area contributed by atoms with Crippen molar-refractivity contribution >= 4 is 48.6 Å². The van der Waals surface area contributed by atoms with Crippen LogP contribution < -0.4 is 14.4 Å². The first-order chi connectivity index (χ1) is 29.3. The molecule has 10 aromatic rings. The zero-order chi connectivity index (χ0) is 38.7. The average molecular weight is 772 g/mol. The summed E-state index contributed by atoms with van der Waals surface area (Å²) in [5, 5.41) is 2.56. The number of rotatable bonds is 4. The second kappa shape index (κ2) is 12.3. The van der Waals surface area contributed by atoms with Gasteiger partial charge in [0.1, 0.15) is 0 Å². The fourth-order valence-electron chi connectivity index (χ4n) is 10.2. The lowest BCUT2D eigenvalue weighted by atomic mass is 9.70. The number of benzene rings is 9. The van der Waals surface area contributed by atoms with E-state index >= 15 is 0 Å². The molecule has 0 N–H and O–H groups in total. The van der Waals surface area contributed by atoms with Gasteiger partial charge >= 0.3 is 0 Å². The summed E-state index contributed by atoms with van der Waals surface area (Å²) < 4.78 is 17.1. The first-order valence-electron chi connectivity index (χ1n) is 20.1. The monoisotopic (exact) mass is 771 g/mol. The molecule has 276 valence electrons. The molecule has 1 aromatic heterocycles. The number of nitrogens with zero attached hydrogens (tertiary/aromatic N) is 1. The molecule has 3 nitrogen and oxygen atoms in total. The molecular weight excluding hydrogens is 739 g/mol. The van der Waals surface area contributed by atoms with E-state index in [-0.39, 0.29) is 0 Å². The van der Waals surface area contributed by atoms with Gasteiger partial charge in [-0.1, -0.05) is 158 Å². The fourth-order valence-corrected chi connectivity index (χ4v) is 11.5. The molecule has 59 heavy (non-hydrogen) atoms. The molecule has 0 saturated heterocycles. The Balaban J connectivity index is 1.02. The van der Waals surface area contributed by atoms with E-state index in [0.717, 1.165) is 33.9 Å². The van der Waals surface area contributed by atoms with Crippen molar-refractivity contribution < 1.29 is 9.47 Å². The highest BCUT2D eigenvalue weighted by molar-refractivity contribution is 7.26. The molecule has 13 rings (SSSR count). The molecule has 2 heterocycles. The maximum absolute atomic E-state index is 7.29. The van der Waals surface area contributed by atoms with Crippen molar-refractivity contribution in [2.75, 3.05) is 4.90 Å². The van der Waals surface area contributed by atoms with Crippen molar-refractivity contribution in [3.05, 3.63) is 222 Å². The molecule has 0 saturated carbocycles. The lowest BCUT2D eigenvalue weighted by molar-refractivity contribution is 0.355. The van der Waals surface area contributed by atoms with Crippen molar-refractivity contribution in [1.82, 2.24) is 0 Å². The van der Waals surface area contributed by atoms with Crippen LogP contribution in [0, 0.1) is 0 Å². The maximum atomic E-state index is 7.29. The molecule has 4 heteroatoms. The van der Waals surface area contributed by atoms with Gasteiger partial charge in [0, 0.05) is 42.6 Å². The SMILES string of the molecule is c1ccc(N(c2ccccc2-c2cccc3c2sc2ccccc23)c2cccc3c2Oc2ccc4c(c2O3)C2(c3ccccc3-c3ccccc32)c2ccccc2-4)cc1.